The highest BCUT2D eigenvalue weighted by molar-refractivity contribution is 8.04. The van der Waals surface area contributed by atoms with Crippen molar-refractivity contribution in [3.05, 3.63) is 202 Å². The van der Waals surface area contributed by atoms with Crippen LogP contribution in [0.25, 0.3) is 45.3 Å². The minimum Gasteiger partial charge on any atom is -0.338 e. The first kappa shape index (κ1) is 38.4. The van der Waals surface area contributed by atoms with Gasteiger partial charge in [0.1, 0.15) is 11.0 Å². The van der Waals surface area contributed by atoms with Crippen LogP contribution < -0.4 is 20.8 Å². The molecule has 1 aliphatic carbocycles. The molecule has 0 radical (unpaired) electrons. The molecule has 1 saturated carbocycles. The van der Waals surface area contributed by atoms with Crippen LogP contribution >= 0.6 is 23.5 Å². The third kappa shape index (κ3) is 7.17. The number of pyridine rings is 2. The topological polar surface area (TPSA) is 41.1 Å². The summed E-state index contributed by atoms with van der Waals surface area (Å²) in [5, 5.41) is 4.83. The molecule has 0 unspecified atom stereocenters. The molecule has 6 aromatic carbocycles. The molecule has 11 rings (SSSR count). The minimum atomic E-state index is 0.181. The minimum absolute atomic E-state index is 0.181. The van der Waals surface area contributed by atoms with Gasteiger partial charge < -0.3 is 9.80 Å². The molecule has 0 spiro atoms. The smallest absolute Gasteiger partial charge is 0.133 e. The van der Waals surface area contributed by atoms with E-state index in [0.29, 0.717) is 0 Å². The van der Waals surface area contributed by atoms with Crippen LogP contribution in [0, 0.1) is 0 Å². The van der Waals surface area contributed by atoms with E-state index in [-0.39, 0.29) is 12.1 Å². The van der Waals surface area contributed by atoms with Crippen molar-refractivity contribution in [2.24, 2.45) is 9.98 Å². The predicted molar refractivity (Wildman–Crippen MR) is 261 cm³/mol. The lowest BCUT2D eigenvalue weighted by Crippen LogP contribution is -2.29. The maximum atomic E-state index is 5.63. The standard InChI is InChI=1S/C54H46N6S2/c1-57-47-25-13-15-27-49(47)61-53(57)35-37-33-51(59(41-17-5-3-6-18-41)45-23-11-9-21-43(37)45)55-39-29-31-40(32-30-39)56-52-34-38(36-54-58(2)48-26-14-16-28-50(48)62-54)44-22-10-12-24-46(44)60(52)42-19-7-4-8-20-42/h3-28,33-36,39-40H,29-32H2,1-2H3/b53-35+,54-36+,55-51?,56-52?. The summed E-state index contributed by atoms with van der Waals surface area (Å²) in [6.45, 7) is 0. The average Bonchev–Trinajstić information content (AvgIpc) is 3.81. The number of fused-ring (bicyclic) bond motifs is 4. The number of para-hydroxylation sites is 6. The lowest BCUT2D eigenvalue weighted by molar-refractivity contribution is 0.386. The van der Waals surface area contributed by atoms with Crippen LogP contribution in [-0.2, 0) is 0 Å². The zero-order valence-electron chi connectivity index (χ0n) is 34.8. The molecule has 6 nitrogen and oxygen atoms in total. The second-order valence-corrected chi connectivity index (χ2v) is 18.4. The van der Waals surface area contributed by atoms with Gasteiger partial charge in [-0.05, 0) is 122 Å². The summed E-state index contributed by atoms with van der Waals surface area (Å²) in [6.07, 6.45) is 8.56. The Kier molecular flexibility index (Phi) is 10.2. The fourth-order valence-electron chi connectivity index (χ4n) is 9.21. The van der Waals surface area contributed by atoms with E-state index in [0.717, 1.165) is 59.1 Å². The lowest BCUT2D eigenvalue weighted by Gasteiger charge is -2.25. The maximum absolute atomic E-state index is 5.63. The van der Waals surface area contributed by atoms with Crippen LogP contribution in [0.5, 0.6) is 0 Å². The number of thioether (sulfide) groups is 2. The zero-order chi connectivity index (χ0) is 41.6. The predicted octanol–water partition coefficient (Wildman–Crippen LogP) is 12.5. The van der Waals surface area contributed by atoms with Crippen LogP contribution in [0.4, 0.5) is 11.4 Å². The number of aromatic nitrogens is 2. The summed E-state index contributed by atoms with van der Waals surface area (Å²) in [7, 11) is 4.33. The second-order valence-electron chi connectivity index (χ2n) is 16.2. The number of nitrogens with zero attached hydrogens (tertiary/aromatic N) is 6. The van der Waals surface area contributed by atoms with E-state index in [2.05, 4.69) is 215 Å². The highest BCUT2D eigenvalue weighted by Crippen LogP contribution is 2.47. The highest BCUT2D eigenvalue weighted by Gasteiger charge is 2.25. The van der Waals surface area contributed by atoms with Gasteiger partial charge in [-0.1, -0.05) is 121 Å². The molecule has 62 heavy (non-hydrogen) atoms. The number of hydrogen-bond acceptors (Lipinski definition) is 6. The molecule has 0 bridgehead atoms. The normalized spacial score (nSPS) is 19.3. The van der Waals surface area contributed by atoms with Crippen molar-refractivity contribution >= 4 is 68.9 Å². The van der Waals surface area contributed by atoms with Crippen molar-refractivity contribution in [2.45, 2.75) is 47.6 Å². The monoisotopic (exact) mass is 842 g/mol. The van der Waals surface area contributed by atoms with E-state index in [9.17, 15) is 0 Å². The van der Waals surface area contributed by atoms with Crippen molar-refractivity contribution in [1.29, 1.82) is 0 Å². The van der Waals surface area contributed by atoms with Gasteiger partial charge in [-0.25, -0.2) is 0 Å². The van der Waals surface area contributed by atoms with E-state index in [1.165, 1.54) is 53.1 Å². The molecule has 2 aromatic heterocycles. The van der Waals surface area contributed by atoms with Gasteiger partial charge in [-0.15, -0.1) is 0 Å². The van der Waals surface area contributed by atoms with Gasteiger partial charge in [0.15, 0.2) is 0 Å². The quantitative estimate of drug-likeness (QED) is 0.167. The van der Waals surface area contributed by atoms with Crippen LogP contribution in [0.1, 0.15) is 36.8 Å². The number of benzene rings is 6. The molecular formula is C54H46N6S2. The summed E-state index contributed by atoms with van der Waals surface area (Å²) in [4.78, 5) is 18.4. The van der Waals surface area contributed by atoms with E-state index < -0.39 is 0 Å². The number of anilines is 2. The van der Waals surface area contributed by atoms with Crippen molar-refractivity contribution in [3.63, 3.8) is 0 Å². The molecule has 0 N–H and O–H groups in total. The van der Waals surface area contributed by atoms with E-state index in [1.807, 2.05) is 23.5 Å². The van der Waals surface area contributed by atoms with E-state index >= 15 is 0 Å². The van der Waals surface area contributed by atoms with Gasteiger partial charge >= 0.3 is 0 Å². The fraction of sp³-hybridized carbons (Fsp3) is 0.148. The molecule has 4 heterocycles. The molecular weight excluding hydrogens is 797 g/mol. The Morgan fingerprint density at radius 3 is 1.24 bits per heavy atom. The highest BCUT2D eigenvalue weighted by atomic mass is 32.2. The van der Waals surface area contributed by atoms with Gasteiger partial charge in [0.05, 0.1) is 44.5 Å². The molecule has 0 saturated heterocycles. The molecule has 304 valence electrons. The third-order valence-corrected chi connectivity index (χ3v) is 14.7. The van der Waals surface area contributed by atoms with E-state index in [4.69, 9.17) is 9.98 Å². The molecule has 1 fully saturated rings. The van der Waals surface area contributed by atoms with Crippen LogP contribution in [0.15, 0.2) is 200 Å². The Hall–Kier alpha value is -6.48. The molecule has 8 heteroatoms. The number of rotatable bonds is 6. The second kappa shape index (κ2) is 16.4. The van der Waals surface area contributed by atoms with Crippen LogP contribution in [-0.4, -0.2) is 35.3 Å². The summed E-state index contributed by atoms with van der Waals surface area (Å²) in [5.74, 6) is 0. The Morgan fingerprint density at radius 1 is 0.452 bits per heavy atom. The number of hydrogen-bond donors (Lipinski definition) is 0. The van der Waals surface area contributed by atoms with Crippen molar-refractivity contribution in [1.82, 2.24) is 9.13 Å². The molecule has 8 aromatic rings. The molecule has 3 aliphatic rings. The van der Waals surface area contributed by atoms with Crippen LogP contribution in [0.3, 0.4) is 0 Å². The zero-order valence-corrected chi connectivity index (χ0v) is 36.4. The summed E-state index contributed by atoms with van der Waals surface area (Å²) >= 11 is 3.66. The Morgan fingerprint density at radius 2 is 0.823 bits per heavy atom. The molecule has 0 amide bonds. The van der Waals surface area contributed by atoms with Crippen molar-refractivity contribution in [3.8, 4) is 11.4 Å². The fourth-order valence-corrected chi connectivity index (χ4v) is 11.4. The SMILES string of the molecule is CN1/C(=C\c2cc(=NC3CCC(N=c4cc(/C=C5/Sc6ccccc6N5C)c5ccccc5n4-c4ccccc4)CC3)n(-c3ccccc3)c3ccccc23)Sc2ccccc21. The first-order valence-corrected chi connectivity index (χ1v) is 23.1. The third-order valence-electron chi connectivity index (χ3n) is 12.4. The first-order valence-electron chi connectivity index (χ1n) is 21.5. The molecule has 0 atom stereocenters. The Labute approximate surface area is 370 Å². The van der Waals surface area contributed by atoms with Crippen LogP contribution in [0.2, 0.25) is 0 Å². The lowest BCUT2D eigenvalue weighted by atomic mass is 9.92. The Balaban J connectivity index is 0.975. The molecule has 2 aliphatic heterocycles. The van der Waals surface area contributed by atoms with Gasteiger partial charge in [0.25, 0.3) is 0 Å². The van der Waals surface area contributed by atoms with Crippen molar-refractivity contribution in [2.75, 3.05) is 23.9 Å². The van der Waals surface area contributed by atoms with Gasteiger partial charge in [-0.2, -0.15) is 0 Å². The Bertz CT molecular complexity index is 2980. The summed E-state index contributed by atoms with van der Waals surface area (Å²) < 4.78 is 4.70. The van der Waals surface area contributed by atoms with Gasteiger partial charge in [0.2, 0.25) is 0 Å². The van der Waals surface area contributed by atoms with E-state index in [1.54, 1.807) is 0 Å². The maximum Gasteiger partial charge on any atom is 0.133 e. The van der Waals surface area contributed by atoms with Gasteiger partial charge in [-0.3, -0.25) is 19.1 Å². The van der Waals surface area contributed by atoms with Crippen molar-refractivity contribution < 1.29 is 0 Å². The largest absolute Gasteiger partial charge is 0.338 e. The summed E-state index contributed by atoms with van der Waals surface area (Å²) in [5.41, 5.74) is 11.3. The first-order chi connectivity index (χ1) is 30.6. The van der Waals surface area contributed by atoms with Gasteiger partial charge in [0, 0.05) is 46.0 Å². The summed E-state index contributed by atoms with van der Waals surface area (Å²) in [6, 6.07) is 61.2. The average molecular weight is 843 g/mol.